The van der Waals surface area contributed by atoms with Crippen molar-refractivity contribution < 1.29 is 68.4 Å². The Balaban J connectivity index is 1.91. The summed E-state index contributed by atoms with van der Waals surface area (Å²) < 4.78 is 140. The normalized spacial score (nSPS) is 16.4. The molecule has 0 unspecified atom stereocenters. The number of fused-ring (bicyclic) bond motifs is 1. The molecule has 0 saturated heterocycles. The molecule has 0 spiro atoms. The highest BCUT2D eigenvalue weighted by atomic mass is 19.4. The maximum Gasteiger partial charge on any atom is 0.416 e. The van der Waals surface area contributed by atoms with Gasteiger partial charge in [-0.1, -0.05) is 6.92 Å². The lowest BCUT2D eigenvalue weighted by Gasteiger charge is -2.44. The predicted octanol–water partition coefficient (Wildman–Crippen LogP) is 7.91. The Kier molecular flexibility index (Phi) is 11.9. The monoisotopic (exact) mass is 738 g/mol. The summed E-state index contributed by atoms with van der Waals surface area (Å²) in [5.74, 6) is -1.46. The Morgan fingerprint density at radius 1 is 0.882 bits per heavy atom. The standard InChI is InChI=1S/C32H31F9N4O6/c1-3-22-14-26(24-13-19(30(33,34)35)4-5-25(24)45(22)29(48)51-7-6-27(46)47)44(28-42-15-23(16-43-28)50-9-8-49-2)17-18-10-20(31(36,37)38)12-21(11-18)32(39,40)41/h4-5,10-13,15-16,22,26H,3,6-9,14,17H2,1-2H3,(H,46,47)/t22-,26+/m1/s1. The van der Waals surface area contributed by atoms with E-state index in [4.69, 9.17) is 19.3 Å². The van der Waals surface area contributed by atoms with E-state index in [0.717, 1.165) is 28.3 Å². The molecule has 19 heteroatoms. The van der Waals surface area contributed by atoms with Crippen LogP contribution in [0.3, 0.4) is 0 Å². The van der Waals surface area contributed by atoms with Crippen LogP contribution in [0.15, 0.2) is 48.8 Å². The zero-order valence-corrected chi connectivity index (χ0v) is 26.9. The molecule has 1 amide bonds. The first-order chi connectivity index (χ1) is 23.8. The number of amides is 1. The minimum Gasteiger partial charge on any atom is -0.488 e. The number of anilines is 2. The number of aliphatic carboxylic acids is 1. The number of hydrogen-bond donors (Lipinski definition) is 1. The number of aromatic nitrogens is 2. The van der Waals surface area contributed by atoms with E-state index in [2.05, 4.69) is 9.97 Å². The van der Waals surface area contributed by atoms with Crippen LogP contribution in [0.1, 0.15) is 60.0 Å². The van der Waals surface area contributed by atoms with E-state index in [0.29, 0.717) is 24.3 Å². The summed E-state index contributed by atoms with van der Waals surface area (Å²) in [6.07, 6.45) is -14.7. The molecule has 10 nitrogen and oxygen atoms in total. The first kappa shape index (κ1) is 39.0. The fourth-order valence-corrected chi connectivity index (χ4v) is 5.49. The summed E-state index contributed by atoms with van der Waals surface area (Å²) in [5, 5.41) is 8.95. The molecule has 1 aromatic heterocycles. The molecule has 1 aliphatic heterocycles. The Labute approximate surface area is 284 Å². The van der Waals surface area contributed by atoms with Crippen molar-refractivity contribution in [1.29, 1.82) is 0 Å². The van der Waals surface area contributed by atoms with Crippen LogP contribution in [0.25, 0.3) is 0 Å². The number of nitrogens with zero attached hydrogens (tertiary/aromatic N) is 4. The fourth-order valence-electron chi connectivity index (χ4n) is 5.49. The molecule has 2 aromatic carbocycles. The molecule has 0 saturated carbocycles. The van der Waals surface area contributed by atoms with Gasteiger partial charge in [0.05, 0.1) is 53.8 Å². The second kappa shape index (κ2) is 15.6. The summed E-state index contributed by atoms with van der Waals surface area (Å²) in [5.41, 5.74) is -5.21. The molecule has 1 aliphatic rings. The topological polar surface area (TPSA) is 114 Å². The molecule has 51 heavy (non-hydrogen) atoms. The zero-order chi connectivity index (χ0) is 37.7. The summed E-state index contributed by atoms with van der Waals surface area (Å²) in [6.45, 7) is 0.565. The van der Waals surface area contributed by atoms with Crippen LogP contribution < -0.4 is 14.5 Å². The van der Waals surface area contributed by atoms with E-state index in [1.807, 2.05) is 0 Å². The summed E-state index contributed by atoms with van der Waals surface area (Å²) in [7, 11) is 1.42. The van der Waals surface area contributed by atoms with Gasteiger partial charge in [-0.25, -0.2) is 14.8 Å². The molecule has 1 N–H and O–H groups in total. The van der Waals surface area contributed by atoms with Crippen molar-refractivity contribution in [2.24, 2.45) is 0 Å². The van der Waals surface area contributed by atoms with Crippen molar-refractivity contribution in [3.8, 4) is 5.75 Å². The van der Waals surface area contributed by atoms with Crippen molar-refractivity contribution in [1.82, 2.24) is 9.97 Å². The molecule has 0 radical (unpaired) electrons. The highest BCUT2D eigenvalue weighted by molar-refractivity contribution is 5.90. The molecular weight excluding hydrogens is 707 g/mol. The number of hydrogen-bond acceptors (Lipinski definition) is 8. The Bertz CT molecular complexity index is 1650. The van der Waals surface area contributed by atoms with Gasteiger partial charge in [-0.2, -0.15) is 39.5 Å². The van der Waals surface area contributed by atoms with Crippen molar-refractivity contribution in [3.63, 3.8) is 0 Å². The number of alkyl halides is 9. The zero-order valence-electron chi connectivity index (χ0n) is 26.9. The van der Waals surface area contributed by atoms with Crippen LogP contribution in [0.5, 0.6) is 5.75 Å². The molecule has 3 aromatic rings. The molecule has 0 aliphatic carbocycles. The van der Waals surface area contributed by atoms with Gasteiger partial charge in [0.15, 0.2) is 5.75 Å². The predicted molar refractivity (Wildman–Crippen MR) is 161 cm³/mol. The maximum absolute atomic E-state index is 14.0. The van der Waals surface area contributed by atoms with E-state index in [1.54, 1.807) is 6.92 Å². The number of benzene rings is 2. The van der Waals surface area contributed by atoms with Gasteiger partial charge in [-0.05, 0) is 60.4 Å². The van der Waals surface area contributed by atoms with Gasteiger partial charge in [0.2, 0.25) is 5.95 Å². The smallest absolute Gasteiger partial charge is 0.416 e. The van der Waals surface area contributed by atoms with E-state index >= 15 is 0 Å². The lowest BCUT2D eigenvalue weighted by atomic mass is 9.87. The highest BCUT2D eigenvalue weighted by Crippen LogP contribution is 2.46. The third-order valence-electron chi connectivity index (χ3n) is 7.85. The number of carbonyl (C=O) groups excluding carboxylic acids is 1. The minimum atomic E-state index is -5.19. The van der Waals surface area contributed by atoms with Crippen molar-refractivity contribution in [2.45, 2.75) is 63.3 Å². The van der Waals surface area contributed by atoms with Gasteiger partial charge < -0.3 is 24.2 Å². The summed E-state index contributed by atoms with van der Waals surface area (Å²) in [6, 6.07) is 1.20. The lowest BCUT2D eigenvalue weighted by molar-refractivity contribution is -0.143. The van der Waals surface area contributed by atoms with Crippen LogP contribution in [0.4, 0.5) is 55.9 Å². The van der Waals surface area contributed by atoms with E-state index in [1.165, 1.54) is 7.11 Å². The molecule has 0 fully saturated rings. The van der Waals surface area contributed by atoms with Gasteiger partial charge in [-0.3, -0.25) is 9.69 Å². The highest BCUT2D eigenvalue weighted by Gasteiger charge is 2.43. The number of halogens is 9. The second-order valence-corrected chi connectivity index (χ2v) is 11.3. The Morgan fingerprint density at radius 3 is 2.02 bits per heavy atom. The molecule has 278 valence electrons. The number of ether oxygens (including phenoxy) is 3. The van der Waals surface area contributed by atoms with Gasteiger partial charge >= 0.3 is 30.6 Å². The molecule has 0 bridgehead atoms. The number of carboxylic acid groups (broad SMARTS) is 1. The third-order valence-corrected chi connectivity index (χ3v) is 7.85. The SMILES string of the molecule is CC[C@@H]1C[C@H](N(Cc2cc(C(F)(F)F)cc(C(F)(F)F)c2)c2ncc(OCCOC)cn2)c2cc(C(F)(F)F)ccc2N1C(=O)OCCC(=O)O. The number of carboxylic acids is 1. The van der Waals surface area contributed by atoms with Crippen molar-refractivity contribution in [3.05, 3.63) is 76.6 Å². The van der Waals surface area contributed by atoms with Crippen molar-refractivity contribution >= 4 is 23.7 Å². The maximum atomic E-state index is 14.0. The Morgan fingerprint density at radius 2 is 1.49 bits per heavy atom. The minimum absolute atomic E-state index is 0.0526. The van der Waals surface area contributed by atoms with Crippen LogP contribution >= 0.6 is 0 Å². The first-order valence-electron chi connectivity index (χ1n) is 15.2. The molecule has 4 rings (SSSR count). The second-order valence-electron chi connectivity index (χ2n) is 11.3. The van der Waals surface area contributed by atoms with Crippen LogP contribution in [0, 0.1) is 0 Å². The van der Waals surface area contributed by atoms with Crippen LogP contribution in [-0.2, 0) is 39.3 Å². The van der Waals surface area contributed by atoms with E-state index < -0.39 is 84.5 Å². The van der Waals surface area contributed by atoms with E-state index in [9.17, 15) is 49.1 Å². The van der Waals surface area contributed by atoms with Gasteiger partial charge in [0.1, 0.15) is 13.2 Å². The number of methoxy groups -OCH3 is 1. The fraction of sp³-hybridized carbons (Fsp3) is 0.438. The summed E-state index contributed by atoms with van der Waals surface area (Å²) >= 11 is 0. The average Bonchev–Trinajstić information content (AvgIpc) is 3.05. The first-order valence-corrected chi connectivity index (χ1v) is 15.2. The van der Waals surface area contributed by atoms with E-state index in [-0.39, 0.29) is 55.1 Å². The molecule has 2 atom stereocenters. The Hall–Kier alpha value is -4.81. The van der Waals surface area contributed by atoms with Gasteiger partial charge in [0.25, 0.3) is 0 Å². The van der Waals surface area contributed by atoms with Gasteiger partial charge in [0, 0.05) is 19.7 Å². The lowest BCUT2D eigenvalue weighted by Crippen LogP contribution is -2.48. The van der Waals surface area contributed by atoms with Crippen molar-refractivity contribution in [2.75, 3.05) is 36.7 Å². The molecular formula is C32H31F9N4O6. The largest absolute Gasteiger partial charge is 0.488 e. The van der Waals surface area contributed by atoms with Crippen LogP contribution in [-0.4, -0.2) is 60.1 Å². The number of carbonyl (C=O) groups is 2. The average molecular weight is 739 g/mol. The number of rotatable bonds is 12. The molecule has 2 heterocycles. The quantitative estimate of drug-likeness (QED) is 0.146. The van der Waals surface area contributed by atoms with Crippen LogP contribution in [0.2, 0.25) is 0 Å². The third kappa shape index (κ3) is 9.71. The summed E-state index contributed by atoms with van der Waals surface area (Å²) in [4.78, 5) is 34.8. The van der Waals surface area contributed by atoms with Gasteiger partial charge in [-0.15, -0.1) is 0 Å².